The predicted molar refractivity (Wildman–Crippen MR) is 97.3 cm³/mol. The van der Waals surface area contributed by atoms with Gasteiger partial charge < -0.3 is 9.47 Å². The minimum atomic E-state index is -0.330. The molecule has 0 unspecified atom stereocenters. The summed E-state index contributed by atoms with van der Waals surface area (Å²) in [6.07, 6.45) is 0. The normalized spacial score (nSPS) is 14.2. The van der Waals surface area contributed by atoms with Crippen molar-refractivity contribution >= 4 is 33.3 Å². The van der Waals surface area contributed by atoms with E-state index in [0.29, 0.717) is 13.2 Å². The zero-order valence-electron chi connectivity index (χ0n) is 13.6. The van der Waals surface area contributed by atoms with E-state index in [1.807, 2.05) is 49.4 Å². The number of carbonyl (C=O) groups is 1. The van der Waals surface area contributed by atoms with Crippen molar-refractivity contribution in [2.75, 3.05) is 13.2 Å². The second-order valence-electron chi connectivity index (χ2n) is 5.55. The second kappa shape index (κ2) is 7.18. The summed E-state index contributed by atoms with van der Waals surface area (Å²) in [5, 5.41) is 0. The van der Waals surface area contributed by atoms with Crippen LogP contribution < -0.4 is 4.74 Å². The van der Waals surface area contributed by atoms with Gasteiger partial charge in [-0.1, -0.05) is 34.1 Å². The van der Waals surface area contributed by atoms with E-state index in [1.54, 1.807) is 6.92 Å². The monoisotopic (exact) mass is 387 g/mol. The van der Waals surface area contributed by atoms with Crippen molar-refractivity contribution in [3.63, 3.8) is 0 Å². The fourth-order valence-corrected chi connectivity index (χ4v) is 2.79. The molecule has 0 bridgehead atoms. The van der Waals surface area contributed by atoms with Crippen LogP contribution in [0.1, 0.15) is 30.9 Å². The zero-order chi connectivity index (χ0) is 17.1. The molecule has 124 valence electrons. The van der Waals surface area contributed by atoms with E-state index in [1.165, 1.54) is 0 Å². The first-order valence-electron chi connectivity index (χ1n) is 7.85. The molecule has 24 heavy (non-hydrogen) atoms. The number of rotatable bonds is 4. The van der Waals surface area contributed by atoms with Crippen molar-refractivity contribution in [1.29, 1.82) is 0 Å². The summed E-state index contributed by atoms with van der Waals surface area (Å²) in [5.74, 6) is 0.172. The largest absolute Gasteiger partial charge is 0.485 e. The molecular weight excluding hydrogens is 370 g/mol. The van der Waals surface area contributed by atoms with Crippen molar-refractivity contribution < 1.29 is 14.3 Å². The van der Waals surface area contributed by atoms with E-state index < -0.39 is 0 Å². The average Bonchev–Trinajstić information content (AvgIpc) is 2.61. The van der Waals surface area contributed by atoms with E-state index >= 15 is 0 Å². The second-order valence-corrected chi connectivity index (χ2v) is 6.47. The Labute approximate surface area is 149 Å². The number of aliphatic imine (C=N–C) groups is 1. The number of nitrogens with zero attached hydrogens (tertiary/aromatic N) is 1. The summed E-state index contributed by atoms with van der Waals surface area (Å²) >= 11 is 3.43. The highest BCUT2D eigenvalue weighted by Crippen LogP contribution is 2.35. The summed E-state index contributed by atoms with van der Waals surface area (Å²) in [6, 6.07) is 13.6. The third kappa shape index (κ3) is 3.51. The third-order valence-corrected chi connectivity index (χ3v) is 4.45. The minimum Gasteiger partial charge on any atom is -0.485 e. The van der Waals surface area contributed by atoms with Gasteiger partial charge in [-0.05, 0) is 49.2 Å². The fourth-order valence-electron chi connectivity index (χ4n) is 2.53. The van der Waals surface area contributed by atoms with Gasteiger partial charge >= 0.3 is 5.97 Å². The van der Waals surface area contributed by atoms with Gasteiger partial charge in [0.1, 0.15) is 18.0 Å². The average molecular weight is 388 g/mol. The van der Waals surface area contributed by atoms with Gasteiger partial charge in [0.15, 0.2) is 0 Å². The lowest BCUT2D eigenvalue weighted by Crippen LogP contribution is -2.17. The molecule has 0 saturated heterocycles. The topological polar surface area (TPSA) is 47.9 Å². The van der Waals surface area contributed by atoms with Gasteiger partial charge in [0.05, 0.1) is 18.2 Å². The predicted octanol–water partition coefficient (Wildman–Crippen LogP) is 4.63. The van der Waals surface area contributed by atoms with E-state index in [-0.39, 0.29) is 11.9 Å². The number of halogens is 1. The van der Waals surface area contributed by atoms with Crippen molar-refractivity contribution in [2.24, 2.45) is 4.99 Å². The molecule has 5 heteroatoms. The third-order valence-electron chi connectivity index (χ3n) is 3.92. The van der Waals surface area contributed by atoms with Gasteiger partial charge in [0.25, 0.3) is 0 Å². The Hall–Kier alpha value is -2.14. The lowest BCUT2D eigenvalue weighted by atomic mass is 10.00. The van der Waals surface area contributed by atoms with Gasteiger partial charge in [-0.3, -0.25) is 4.79 Å². The molecule has 0 aromatic heterocycles. The van der Waals surface area contributed by atoms with Crippen molar-refractivity contribution in [2.45, 2.75) is 19.8 Å². The van der Waals surface area contributed by atoms with Crippen LogP contribution in [0.2, 0.25) is 0 Å². The van der Waals surface area contributed by atoms with E-state index in [2.05, 4.69) is 15.9 Å². The summed E-state index contributed by atoms with van der Waals surface area (Å²) in [4.78, 5) is 16.7. The van der Waals surface area contributed by atoms with Gasteiger partial charge in [0.2, 0.25) is 0 Å². The summed E-state index contributed by atoms with van der Waals surface area (Å²) < 4.78 is 11.9. The molecule has 1 atom stereocenters. The number of hydrogen-bond acceptors (Lipinski definition) is 4. The number of carbonyl (C=O) groups excluding carboxylic acids is 1. The fraction of sp³-hybridized carbons (Fsp3) is 0.263. The number of esters is 1. The zero-order valence-corrected chi connectivity index (χ0v) is 15.2. The summed E-state index contributed by atoms with van der Waals surface area (Å²) in [6.45, 7) is 4.45. The van der Waals surface area contributed by atoms with Crippen LogP contribution in [0.25, 0.3) is 0 Å². The highest BCUT2D eigenvalue weighted by atomic mass is 79.9. The summed E-state index contributed by atoms with van der Waals surface area (Å²) in [5.41, 5.74) is 3.51. The molecule has 1 heterocycles. The van der Waals surface area contributed by atoms with Crippen molar-refractivity contribution in [1.82, 2.24) is 0 Å². The van der Waals surface area contributed by atoms with Crippen LogP contribution in [0, 0.1) is 0 Å². The van der Waals surface area contributed by atoms with E-state index in [9.17, 15) is 4.79 Å². The number of benzene rings is 2. The Morgan fingerprint density at radius 1 is 1.29 bits per heavy atom. The highest BCUT2D eigenvalue weighted by Gasteiger charge is 2.20. The standard InChI is InChI=1S/C19H18BrNO3/c1-3-23-19(22)12(2)14-6-9-18-16(10-14)21-17(11-24-18)13-4-7-15(20)8-5-13/h4-10,12H,3,11H2,1-2H3/t12-/m0/s1. The maximum Gasteiger partial charge on any atom is 0.313 e. The molecule has 0 radical (unpaired) electrons. The van der Waals surface area contributed by atoms with Crippen LogP contribution >= 0.6 is 15.9 Å². The highest BCUT2D eigenvalue weighted by molar-refractivity contribution is 9.10. The van der Waals surface area contributed by atoms with Crippen LogP contribution in [-0.2, 0) is 9.53 Å². The summed E-state index contributed by atoms with van der Waals surface area (Å²) in [7, 11) is 0. The Morgan fingerprint density at radius 2 is 2.04 bits per heavy atom. The number of ether oxygens (including phenoxy) is 2. The maximum absolute atomic E-state index is 11.9. The molecule has 2 aromatic rings. The van der Waals surface area contributed by atoms with Crippen LogP contribution in [-0.4, -0.2) is 24.9 Å². The Bertz CT molecular complexity index is 784. The molecule has 0 saturated carbocycles. The van der Waals surface area contributed by atoms with E-state index in [0.717, 1.165) is 32.7 Å². The lowest BCUT2D eigenvalue weighted by Gasteiger charge is -2.19. The minimum absolute atomic E-state index is 0.230. The lowest BCUT2D eigenvalue weighted by molar-refractivity contribution is -0.144. The van der Waals surface area contributed by atoms with Crippen LogP contribution in [0.3, 0.4) is 0 Å². The molecule has 0 spiro atoms. The molecule has 0 N–H and O–H groups in total. The van der Waals surface area contributed by atoms with Crippen molar-refractivity contribution in [3.05, 3.63) is 58.1 Å². The Kier molecular flexibility index (Phi) is 5.00. The van der Waals surface area contributed by atoms with Crippen LogP contribution in [0.5, 0.6) is 5.75 Å². The smallest absolute Gasteiger partial charge is 0.313 e. The quantitative estimate of drug-likeness (QED) is 0.718. The Balaban J connectivity index is 1.91. The molecule has 2 aromatic carbocycles. The molecular formula is C19H18BrNO3. The first-order valence-corrected chi connectivity index (χ1v) is 8.64. The van der Waals surface area contributed by atoms with Crippen molar-refractivity contribution in [3.8, 4) is 5.75 Å². The maximum atomic E-state index is 11.9. The molecule has 0 amide bonds. The molecule has 0 aliphatic carbocycles. The van der Waals surface area contributed by atoms with Gasteiger partial charge in [-0.15, -0.1) is 0 Å². The Morgan fingerprint density at radius 3 is 2.75 bits per heavy atom. The molecule has 4 nitrogen and oxygen atoms in total. The number of hydrogen-bond donors (Lipinski definition) is 0. The molecule has 1 aliphatic heterocycles. The van der Waals surface area contributed by atoms with Gasteiger partial charge in [-0.25, -0.2) is 4.99 Å². The van der Waals surface area contributed by atoms with Gasteiger partial charge in [-0.2, -0.15) is 0 Å². The SMILES string of the molecule is CCOC(=O)[C@@H](C)c1ccc2c(c1)N=C(c1ccc(Br)cc1)CO2. The van der Waals surface area contributed by atoms with E-state index in [4.69, 9.17) is 14.5 Å². The number of fused-ring (bicyclic) bond motifs is 1. The first kappa shape index (κ1) is 16.7. The molecule has 0 fully saturated rings. The molecule has 3 rings (SSSR count). The van der Waals surface area contributed by atoms with Gasteiger partial charge in [0, 0.05) is 4.47 Å². The first-order chi connectivity index (χ1) is 11.6. The van der Waals surface area contributed by atoms with Crippen LogP contribution in [0.4, 0.5) is 5.69 Å². The molecule has 1 aliphatic rings. The van der Waals surface area contributed by atoms with Crippen LogP contribution in [0.15, 0.2) is 51.9 Å².